The minimum atomic E-state index is -1.83. The van der Waals surface area contributed by atoms with Gasteiger partial charge in [0.05, 0.1) is 39.6 Å². The third kappa shape index (κ3) is 9.42. The molecule has 0 unspecified atom stereocenters. The lowest BCUT2D eigenvalue weighted by molar-refractivity contribution is -0.365. The molecule has 6 saturated heterocycles. The molecule has 0 aromatic rings. The molecule has 14 N–H and O–H groups in total. The quantitative estimate of drug-likeness (QED) is 0.0974. The Morgan fingerprint density at radius 1 is 0.255 bits per heavy atom. The molecule has 6 aliphatic rings. The smallest absolute Gasteiger partial charge is 0.186 e. The Kier molecular flexibility index (Phi) is 14.7. The first-order chi connectivity index (χ1) is 26.1. The van der Waals surface area contributed by atoms with Crippen molar-refractivity contribution in [1.29, 1.82) is 0 Å². The Balaban J connectivity index is 0.936. The molecular formula is C30H50O25. The number of aliphatic hydroxyl groups is 14. The summed E-state index contributed by atoms with van der Waals surface area (Å²) < 4.78 is 59.4. The van der Waals surface area contributed by atoms with Crippen LogP contribution in [0.15, 0.2) is 0 Å². The molecule has 6 rings (SSSR count). The zero-order valence-electron chi connectivity index (χ0n) is 28.9. The first-order valence-electron chi connectivity index (χ1n) is 17.6. The lowest BCUT2D eigenvalue weighted by atomic mass is 10.0. The second-order valence-electron chi connectivity index (χ2n) is 14.1. The Morgan fingerprint density at radius 3 is 0.800 bits per heavy atom. The molecular weight excluding hydrogens is 760 g/mol. The Morgan fingerprint density at radius 2 is 0.491 bits per heavy atom. The molecule has 6 aliphatic heterocycles. The average molecular weight is 811 g/mol. The maximum absolute atomic E-state index is 10.8. The molecule has 0 aromatic carbocycles. The lowest BCUT2D eigenvalue weighted by Gasteiger charge is -2.45. The number of hydrogen-bond donors (Lipinski definition) is 14. The van der Waals surface area contributed by atoms with Crippen molar-refractivity contribution in [2.75, 3.05) is 39.6 Å². The van der Waals surface area contributed by atoms with E-state index in [-0.39, 0.29) is 13.2 Å². The molecule has 0 aromatic heterocycles. The summed E-state index contributed by atoms with van der Waals surface area (Å²) in [5, 5.41) is 144. The van der Waals surface area contributed by atoms with Gasteiger partial charge in [-0.05, 0) is 0 Å². The minimum Gasteiger partial charge on any atom is -0.388 e. The molecule has 6 heterocycles. The molecule has 0 radical (unpaired) electrons. The minimum absolute atomic E-state index is 0.365. The van der Waals surface area contributed by atoms with Crippen molar-refractivity contribution in [1.82, 2.24) is 0 Å². The van der Waals surface area contributed by atoms with E-state index < -0.39 is 174 Å². The summed E-state index contributed by atoms with van der Waals surface area (Å²) >= 11 is 0. The Hall–Kier alpha value is -1.00. The van der Waals surface area contributed by atoms with E-state index in [1.165, 1.54) is 0 Å². The van der Waals surface area contributed by atoms with Crippen molar-refractivity contribution in [2.24, 2.45) is 0 Å². The molecule has 25 heteroatoms. The summed E-state index contributed by atoms with van der Waals surface area (Å²) in [4.78, 5) is 0. The highest BCUT2D eigenvalue weighted by atomic mass is 16.8. The predicted octanol–water partition coefficient (Wildman–Crippen LogP) is -10.3. The van der Waals surface area contributed by atoms with Crippen molar-refractivity contribution < 1.29 is 124 Å². The molecule has 0 saturated carbocycles. The summed E-state index contributed by atoms with van der Waals surface area (Å²) in [7, 11) is 0. The van der Waals surface area contributed by atoms with E-state index in [0.717, 1.165) is 0 Å². The highest BCUT2D eigenvalue weighted by Gasteiger charge is 2.51. The number of aliphatic hydroxyl groups excluding tert-OH is 14. The molecule has 0 aliphatic carbocycles. The third-order valence-corrected chi connectivity index (χ3v) is 10.2. The molecule has 0 amide bonds. The van der Waals surface area contributed by atoms with Crippen LogP contribution >= 0.6 is 0 Å². The van der Waals surface area contributed by atoms with Crippen molar-refractivity contribution in [2.45, 2.75) is 148 Å². The SMILES string of the molecule is O[C@@H]1[C@H](O[C@H]2CO[C@@H](O)[C@H](O)[C@H]2O)OC[C@H](O[C@H]2OC[C@@H](O[C@@H]3OC[C@H](O[C@@H]4OC[C@@H](O[C@@H]5OC[C@H](O)[C@H](O)[C@@H]5O)[C@@H](O)[C@@H]4O)[C@H](O)[C@@H]3O)[C@H](O)[C@@H]2O)[C@@H]1O. The summed E-state index contributed by atoms with van der Waals surface area (Å²) in [5.74, 6) is 0. The van der Waals surface area contributed by atoms with E-state index in [2.05, 4.69) is 0 Å². The molecule has 0 bridgehead atoms. The first kappa shape index (κ1) is 43.6. The van der Waals surface area contributed by atoms with Gasteiger partial charge in [0.2, 0.25) is 0 Å². The summed E-state index contributed by atoms with van der Waals surface area (Å²) in [6.07, 6.45) is -37.9. The molecule has 55 heavy (non-hydrogen) atoms. The van der Waals surface area contributed by atoms with E-state index in [1.807, 2.05) is 0 Å². The summed E-state index contributed by atoms with van der Waals surface area (Å²) in [6, 6.07) is 0. The van der Waals surface area contributed by atoms with Gasteiger partial charge in [-0.15, -0.1) is 0 Å². The number of rotatable bonds is 10. The standard InChI is InChI=1S/C30H50O25/c31-7-1-46-26(20(39)13(7)32)52-9-3-48-28(22(41)15(9)34)54-11-5-50-30(24(43)17(11)36)55-12-6-49-29(23(42)18(12)37)53-10-4-47-27(21(40)16(10)35)51-8-2-45-25(44)19(38)14(8)33/h7-44H,1-6H2/t7-,8-,9+,10-,11-,12+,13-,14-,15+,16-,17-,18-,19+,20-,21-,22-,23-,24-,25+,26-,27-,28-,29+,30-/m0/s1. The van der Waals surface area contributed by atoms with Crippen LogP contribution in [0.1, 0.15) is 0 Å². The second-order valence-corrected chi connectivity index (χ2v) is 14.1. The summed E-state index contributed by atoms with van der Waals surface area (Å²) in [6.45, 7) is -2.52. The van der Waals surface area contributed by atoms with E-state index in [1.54, 1.807) is 0 Å². The maximum Gasteiger partial charge on any atom is 0.186 e. The number of hydrogen-bond acceptors (Lipinski definition) is 25. The highest BCUT2D eigenvalue weighted by molar-refractivity contribution is 4.93. The van der Waals surface area contributed by atoms with Crippen LogP contribution in [-0.2, 0) is 52.1 Å². The van der Waals surface area contributed by atoms with Crippen LogP contribution in [0.4, 0.5) is 0 Å². The van der Waals surface area contributed by atoms with E-state index >= 15 is 0 Å². The van der Waals surface area contributed by atoms with Gasteiger partial charge in [0.25, 0.3) is 0 Å². The van der Waals surface area contributed by atoms with Gasteiger partial charge in [-0.2, -0.15) is 0 Å². The van der Waals surface area contributed by atoms with Gasteiger partial charge in [0.15, 0.2) is 37.7 Å². The normalized spacial score (nSPS) is 54.2. The Labute approximate surface area is 311 Å². The largest absolute Gasteiger partial charge is 0.388 e. The lowest BCUT2D eigenvalue weighted by Crippen LogP contribution is -2.63. The van der Waals surface area contributed by atoms with Crippen molar-refractivity contribution in [3.8, 4) is 0 Å². The van der Waals surface area contributed by atoms with Gasteiger partial charge >= 0.3 is 0 Å². The maximum atomic E-state index is 10.8. The van der Waals surface area contributed by atoms with Crippen LogP contribution in [0.2, 0.25) is 0 Å². The monoisotopic (exact) mass is 810 g/mol. The van der Waals surface area contributed by atoms with Crippen LogP contribution in [0, 0.1) is 0 Å². The predicted molar refractivity (Wildman–Crippen MR) is 163 cm³/mol. The number of ether oxygens (including phenoxy) is 11. The molecule has 0 spiro atoms. The first-order valence-corrected chi connectivity index (χ1v) is 17.6. The van der Waals surface area contributed by atoms with Crippen molar-refractivity contribution >= 4 is 0 Å². The van der Waals surface area contributed by atoms with Gasteiger partial charge < -0.3 is 124 Å². The fourth-order valence-electron chi connectivity index (χ4n) is 6.69. The highest BCUT2D eigenvalue weighted by Crippen LogP contribution is 2.31. The molecule has 320 valence electrons. The van der Waals surface area contributed by atoms with Crippen molar-refractivity contribution in [3.05, 3.63) is 0 Å². The van der Waals surface area contributed by atoms with Crippen molar-refractivity contribution in [3.63, 3.8) is 0 Å². The fourth-order valence-corrected chi connectivity index (χ4v) is 6.69. The van der Waals surface area contributed by atoms with Crippen LogP contribution in [-0.4, -0.2) is 259 Å². The average Bonchev–Trinajstić information content (AvgIpc) is 3.16. The van der Waals surface area contributed by atoms with Crippen LogP contribution in [0.5, 0.6) is 0 Å². The third-order valence-electron chi connectivity index (χ3n) is 10.2. The zero-order valence-corrected chi connectivity index (χ0v) is 28.9. The van der Waals surface area contributed by atoms with Crippen LogP contribution in [0.25, 0.3) is 0 Å². The summed E-state index contributed by atoms with van der Waals surface area (Å²) in [5.41, 5.74) is 0. The topological polar surface area (TPSA) is 385 Å². The molecule has 24 atom stereocenters. The second kappa shape index (κ2) is 18.5. The van der Waals surface area contributed by atoms with Gasteiger partial charge in [0.1, 0.15) is 110 Å². The van der Waals surface area contributed by atoms with Gasteiger partial charge in [-0.25, -0.2) is 0 Å². The van der Waals surface area contributed by atoms with Gasteiger partial charge in [-0.3, -0.25) is 0 Å². The van der Waals surface area contributed by atoms with Crippen LogP contribution in [0.3, 0.4) is 0 Å². The van der Waals surface area contributed by atoms with Crippen LogP contribution < -0.4 is 0 Å². The van der Waals surface area contributed by atoms with E-state index in [4.69, 9.17) is 52.1 Å². The van der Waals surface area contributed by atoms with Gasteiger partial charge in [0, 0.05) is 0 Å². The molecule has 6 fully saturated rings. The Bertz CT molecular complexity index is 1120. The zero-order chi connectivity index (χ0) is 39.9. The fraction of sp³-hybridized carbons (Fsp3) is 1.00. The van der Waals surface area contributed by atoms with E-state index in [9.17, 15) is 71.5 Å². The molecule has 25 nitrogen and oxygen atoms in total. The van der Waals surface area contributed by atoms with E-state index in [0.29, 0.717) is 0 Å². The van der Waals surface area contributed by atoms with Gasteiger partial charge in [-0.1, -0.05) is 0 Å².